The minimum Gasteiger partial charge on any atom is -0.508 e. The Kier molecular flexibility index (Phi) is 6.76. The number of phenolic OH excluding ortho intramolecular Hbond substituents is 1. The summed E-state index contributed by atoms with van der Waals surface area (Å²) in [5.41, 5.74) is 0.181. The Labute approximate surface area is 160 Å². The van der Waals surface area contributed by atoms with E-state index in [1.807, 2.05) is 27.7 Å². The number of nitrogens with one attached hydrogen (secondary N) is 2. The van der Waals surface area contributed by atoms with Crippen LogP contribution in [0.3, 0.4) is 0 Å². The monoisotopic (exact) mass is 378 g/mol. The Morgan fingerprint density at radius 2 is 2.07 bits per heavy atom. The van der Waals surface area contributed by atoms with Crippen molar-refractivity contribution in [1.29, 1.82) is 0 Å². The van der Waals surface area contributed by atoms with Gasteiger partial charge in [0.1, 0.15) is 17.1 Å². The number of aromatic hydroxyl groups is 1. The Hall–Kier alpha value is -2.64. The number of guanidine groups is 1. The van der Waals surface area contributed by atoms with Gasteiger partial charge in [-0.2, -0.15) is 0 Å². The van der Waals surface area contributed by atoms with Crippen LogP contribution in [0, 0.1) is 0 Å². The number of methoxy groups -OCH3 is 1. The molecule has 0 atom stereocenters. The second kappa shape index (κ2) is 8.83. The number of hydrogen-bond acceptors (Lipinski definition) is 5. The highest BCUT2D eigenvalue weighted by Crippen LogP contribution is 2.23. The third-order valence-corrected chi connectivity index (χ3v) is 3.91. The molecule has 0 unspecified atom stereocenters. The zero-order valence-electron chi connectivity index (χ0n) is 16.7. The van der Waals surface area contributed by atoms with Gasteiger partial charge < -0.3 is 30.1 Å². The number of amides is 1. The molecule has 1 aliphatic heterocycles. The van der Waals surface area contributed by atoms with Gasteiger partial charge in [-0.25, -0.2) is 9.79 Å². The average Bonchev–Trinajstić information content (AvgIpc) is 2.54. The van der Waals surface area contributed by atoms with Gasteiger partial charge in [-0.1, -0.05) is 0 Å². The number of carbonyl (C=O) groups is 1. The van der Waals surface area contributed by atoms with Crippen LogP contribution in [-0.2, 0) is 11.3 Å². The maximum absolute atomic E-state index is 12.0. The van der Waals surface area contributed by atoms with E-state index in [4.69, 9.17) is 9.47 Å². The van der Waals surface area contributed by atoms with Crippen molar-refractivity contribution in [3.8, 4) is 11.5 Å². The molecule has 0 saturated carbocycles. The molecule has 1 amide bonds. The van der Waals surface area contributed by atoms with Crippen LogP contribution in [0.5, 0.6) is 11.5 Å². The molecule has 3 N–H and O–H groups in total. The van der Waals surface area contributed by atoms with Gasteiger partial charge in [0.15, 0.2) is 5.96 Å². The third-order valence-electron chi connectivity index (χ3n) is 3.91. The minimum absolute atomic E-state index is 0.106. The standard InChI is InChI=1S/C19H30N4O4/c1-6-20-17(21-10-13-9-15(26-5)7-8-16(13)24)22-14-11-23(12-14)18(25)27-19(2,3)4/h7-9,14,24H,6,10-12H2,1-5H3,(H2,20,21,22). The maximum atomic E-state index is 12.0. The van der Waals surface area contributed by atoms with Crippen LogP contribution in [0.4, 0.5) is 4.79 Å². The van der Waals surface area contributed by atoms with Gasteiger partial charge in [-0.15, -0.1) is 0 Å². The Morgan fingerprint density at radius 3 is 2.67 bits per heavy atom. The normalized spacial score (nSPS) is 15.1. The fraction of sp³-hybridized carbons (Fsp3) is 0.579. The zero-order valence-corrected chi connectivity index (χ0v) is 16.7. The molecule has 1 heterocycles. The van der Waals surface area contributed by atoms with Gasteiger partial charge in [0, 0.05) is 25.2 Å². The van der Waals surface area contributed by atoms with Crippen molar-refractivity contribution in [3.05, 3.63) is 23.8 Å². The lowest BCUT2D eigenvalue weighted by molar-refractivity contribution is 0.00700. The van der Waals surface area contributed by atoms with E-state index in [-0.39, 0.29) is 17.9 Å². The molecule has 0 spiro atoms. The number of hydrogen-bond donors (Lipinski definition) is 3. The second-order valence-electron chi connectivity index (χ2n) is 7.42. The highest BCUT2D eigenvalue weighted by molar-refractivity contribution is 5.80. The molecular formula is C19H30N4O4. The molecule has 1 fully saturated rings. The summed E-state index contributed by atoms with van der Waals surface area (Å²) in [6.07, 6.45) is -0.302. The lowest BCUT2D eigenvalue weighted by Gasteiger charge is -2.40. The smallest absolute Gasteiger partial charge is 0.410 e. The van der Waals surface area contributed by atoms with Crippen molar-refractivity contribution in [3.63, 3.8) is 0 Å². The number of carbonyl (C=O) groups excluding carboxylic acids is 1. The number of nitrogens with zero attached hydrogens (tertiary/aromatic N) is 2. The summed E-state index contributed by atoms with van der Waals surface area (Å²) >= 11 is 0. The minimum atomic E-state index is -0.495. The van der Waals surface area contributed by atoms with Crippen LogP contribution in [0.2, 0.25) is 0 Å². The van der Waals surface area contributed by atoms with Gasteiger partial charge in [0.2, 0.25) is 0 Å². The van der Waals surface area contributed by atoms with E-state index in [9.17, 15) is 9.90 Å². The first-order valence-corrected chi connectivity index (χ1v) is 9.10. The van der Waals surface area contributed by atoms with E-state index in [1.54, 1.807) is 30.2 Å². The molecule has 0 radical (unpaired) electrons. The molecule has 27 heavy (non-hydrogen) atoms. The van der Waals surface area contributed by atoms with E-state index in [1.165, 1.54) is 0 Å². The van der Waals surface area contributed by atoms with E-state index < -0.39 is 5.60 Å². The van der Waals surface area contributed by atoms with Crippen molar-refractivity contribution >= 4 is 12.1 Å². The van der Waals surface area contributed by atoms with E-state index in [0.717, 1.165) is 0 Å². The molecular weight excluding hydrogens is 348 g/mol. The lowest BCUT2D eigenvalue weighted by Crippen LogP contribution is -2.63. The molecule has 8 heteroatoms. The molecule has 8 nitrogen and oxygen atoms in total. The van der Waals surface area contributed by atoms with Crippen LogP contribution < -0.4 is 15.4 Å². The summed E-state index contributed by atoms with van der Waals surface area (Å²) in [7, 11) is 1.58. The fourth-order valence-corrected chi connectivity index (χ4v) is 2.54. The topological polar surface area (TPSA) is 95.4 Å². The van der Waals surface area contributed by atoms with Crippen LogP contribution in [-0.4, -0.2) is 60.4 Å². The molecule has 0 bridgehead atoms. The Bertz CT molecular complexity index is 679. The van der Waals surface area contributed by atoms with Crippen LogP contribution >= 0.6 is 0 Å². The average molecular weight is 378 g/mol. The number of phenols is 1. The lowest BCUT2D eigenvalue weighted by atomic mass is 10.1. The first-order valence-electron chi connectivity index (χ1n) is 9.10. The van der Waals surface area contributed by atoms with Gasteiger partial charge in [0.25, 0.3) is 0 Å². The Morgan fingerprint density at radius 1 is 1.37 bits per heavy atom. The molecule has 150 valence electrons. The van der Waals surface area contributed by atoms with E-state index in [2.05, 4.69) is 15.6 Å². The predicted octanol–water partition coefficient (Wildman–Crippen LogP) is 2.08. The van der Waals surface area contributed by atoms with Gasteiger partial charge in [-0.3, -0.25) is 0 Å². The Balaban J connectivity index is 1.91. The molecule has 2 rings (SSSR count). The summed E-state index contributed by atoms with van der Waals surface area (Å²) < 4.78 is 10.5. The summed E-state index contributed by atoms with van der Waals surface area (Å²) in [6, 6.07) is 5.16. The largest absolute Gasteiger partial charge is 0.508 e. The molecule has 1 aromatic rings. The van der Waals surface area contributed by atoms with Crippen molar-refractivity contribution in [2.45, 2.75) is 45.9 Å². The number of aliphatic imine (C=N–C) groups is 1. The van der Waals surface area contributed by atoms with Gasteiger partial charge >= 0.3 is 6.09 Å². The SMILES string of the molecule is CCNC(=NCc1cc(OC)ccc1O)NC1CN(C(=O)OC(C)(C)C)C1. The molecule has 1 aromatic carbocycles. The number of benzene rings is 1. The quantitative estimate of drug-likeness (QED) is 0.536. The number of likely N-dealkylation sites (tertiary alicyclic amines) is 1. The van der Waals surface area contributed by atoms with Crippen LogP contribution in [0.15, 0.2) is 23.2 Å². The van der Waals surface area contributed by atoms with E-state index >= 15 is 0 Å². The third kappa shape index (κ3) is 6.23. The summed E-state index contributed by atoms with van der Waals surface area (Å²) in [4.78, 5) is 18.2. The summed E-state index contributed by atoms with van der Waals surface area (Å²) in [5.74, 6) is 1.48. The van der Waals surface area contributed by atoms with Crippen molar-refractivity contribution in [1.82, 2.24) is 15.5 Å². The molecule has 1 aliphatic rings. The fourth-order valence-electron chi connectivity index (χ4n) is 2.54. The van der Waals surface area contributed by atoms with Crippen molar-refractivity contribution in [2.24, 2.45) is 4.99 Å². The van der Waals surface area contributed by atoms with Crippen molar-refractivity contribution < 1.29 is 19.4 Å². The van der Waals surface area contributed by atoms with Crippen molar-refractivity contribution in [2.75, 3.05) is 26.7 Å². The number of rotatable bonds is 5. The van der Waals surface area contributed by atoms with Gasteiger partial charge in [-0.05, 0) is 45.9 Å². The molecule has 1 saturated heterocycles. The summed E-state index contributed by atoms with van der Waals surface area (Å²) in [6.45, 7) is 9.67. The van der Waals surface area contributed by atoms with Crippen LogP contribution in [0.25, 0.3) is 0 Å². The summed E-state index contributed by atoms with van der Waals surface area (Å²) in [5, 5.41) is 16.4. The zero-order chi connectivity index (χ0) is 20.0. The highest BCUT2D eigenvalue weighted by Gasteiger charge is 2.34. The van der Waals surface area contributed by atoms with Crippen LogP contribution in [0.1, 0.15) is 33.3 Å². The van der Waals surface area contributed by atoms with E-state index in [0.29, 0.717) is 43.5 Å². The predicted molar refractivity (Wildman–Crippen MR) is 104 cm³/mol. The highest BCUT2D eigenvalue weighted by atomic mass is 16.6. The first kappa shape index (κ1) is 20.7. The first-order chi connectivity index (χ1) is 12.7. The number of ether oxygens (including phenoxy) is 2. The molecule has 0 aliphatic carbocycles. The van der Waals surface area contributed by atoms with Gasteiger partial charge in [0.05, 0.1) is 19.7 Å². The maximum Gasteiger partial charge on any atom is 0.410 e. The molecule has 0 aromatic heterocycles. The second-order valence-corrected chi connectivity index (χ2v) is 7.42.